The Morgan fingerprint density at radius 2 is 1.92 bits per heavy atom. The molecule has 1 aliphatic rings. The molecular formula is C18H19BrN2O3. The Hall–Kier alpha value is -2.21. The number of carbonyl (C=O) groups excluding carboxylic acids is 1. The highest BCUT2D eigenvalue weighted by atomic mass is 79.9. The Bertz CT molecular complexity index is 749. The van der Waals surface area contributed by atoms with E-state index >= 15 is 0 Å². The molecule has 0 fully saturated rings. The molecule has 0 spiro atoms. The lowest BCUT2D eigenvalue weighted by Gasteiger charge is -2.18. The lowest BCUT2D eigenvalue weighted by molar-refractivity contribution is 0.171. The third-order valence-electron chi connectivity index (χ3n) is 3.68. The van der Waals surface area contributed by atoms with Crippen LogP contribution in [0.25, 0.3) is 0 Å². The quantitative estimate of drug-likeness (QED) is 0.832. The number of nitrogens with one attached hydrogen (secondary N) is 2. The fourth-order valence-corrected chi connectivity index (χ4v) is 3.04. The summed E-state index contributed by atoms with van der Waals surface area (Å²) in [6.45, 7) is 3.70. The van der Waals surface area contributed by atoms with Crippen molar-refractivity contribution in [2.45, 2.75) is 13.3 Å². The van der Waals surface area contributed by atoms with Gasteiger partial charge in [-0.25, -0.2) is 4.79 Å². The van der Waals surface area contributed by atoms with E-state index in [0.717, 1.165) is 39.2 Å². The standard InChI is InChI=1S/C18H19BrN2O3/c1-12-2-4-15(14(19)10-12)21-18(22)20-7-6-13-3-5-16-17(11-13)24-9-8-23-16/h2-5,10-11H,6-9H2,1H3,(H2,20,21,22). The largest absolute Gasteiger partial charge is 0.486 e. The molecule has 2 aromatic rings. The van der Waals surface area contributed by atoms with Gasteiger partial charge in [0.25, 0.3) is 0 Å². The molecule has 0 bridgehead atoms. The van der Waals surface area contributed by atoms with Crippen molar-refractivity contribution in [2.75, 3.05) is 25.1 Å². The number of hydrogen-bond acceptors (Lipinski definition) is 3. The van der Waals surface area contributed by atoms with Crippen LogP contribution in [0.5, 0.6) is 11.5 Å². The molecule has 0 saturated heterocycles. The van der Waals surface area contributed by atoms with Gasteiger partial charge < -0.3 is 20.1 Å². The van der Waals surface area contributed by atoms with Gasteiger partial charge in [-0.3, -0.25) is 0 Å². The number of rotatable bonds is 4. The molecule has 0 radical (unpaired) electrons. The van der Waals surface area contributed by atoms with Crippen LogP contribution >= 0.6 is 15.9 Å². The predicted molar refractivity (Wildman–Crippen MR) is 97.0 cm³/mol. The summed E-state index contributed by atoms with van der Waals surface area (Å²) in [6, 6.07) is 11.4. The van der Waals surface area contributed by atoms with Crippen molar-refractivity contribution >= 4 is 27.6 Å². The maximum absolute atomic E-state index is 12.0. The molecule has 0 unspecified atom stereocenters. The Labute approximate surface area is 149 Å². The zero-order valence-corrected chi connectivity index (χ0v) is 15.0. The number of aryl methyl sites for hydroxylation is 1. The van der Waals surface area contributed by atoms with E-state index in [-0.39, 0.29) is 6.03 Å². The van der Waals surface area contributed by atoms with Crippen LogP contribution in [0.4, 0.5) is 10.5 Å². The Morgan fingerprint density at radius 1 is 1.12 bits per heavy atom. The average molecular weight is 391 g/mol. The van der Waals surface area contributed by atoms with E-state index < -0.39 is 0 Å². The Balaban J connectivity index is 1.50. The molecule has 126 valence electrons. The summed E-state index contributed by atoms with van der Waals surface area (Å²) in [5.74, 6) is 1.55. The van der Waals surface area contributed by atoms with Crippen molar-refractivity contribution in [2.24, 2.45) is 0 Å². The number of fused-ring (bicyclic) bond motifs is 1. The fraction of sp³-hybridized carbons (Fsp3) is 0.278. The van der Waals surface area contributed by atoms with Crippen LogP contribution in [0.2, 0.25) is 0 Å². The molecular weight excluding hydrogens is 372 g/mol. The van der Waals surface area contributed by atoms with Gasteiger partial charge in [-0.05, 0) is 64.7 Å². The third-order valence-corrected chi connectivity index (χ3v) is 4.33. The van der Waals surface area contributed by atoms with Gasteiger partial charge in [-0.15, -0.1) is 0 Å². The smallest absolute Gasteiger partial charge is 0.319 e. The van der Waals surface area contributed by atoms with E-state index in [1.54, 1.807) is 0 Å². The summed E-state index contributed by atoms with van der Waals surface area (Å²) in [5.41, 5.74) is 2.97. The number of halogens is 1. The number of carbonyl (C=O) groups is 1. The number of ether oxygens (including phenoxy) is 2. The van der Waals surface area contributed by atoms with Crippen LogP contribution in [0.1, 0.15) is 11.1 Å². The zero-order valence-electron chi connectivity index (χ0n) is 13.4. The molecule has 1 heterocycles. The van der Waals surface area contributed by atoms with Crippen molar-refractivity contribution in [1.29, 1.82) is 0 Å². The van der Waals surface area contributed by atoms with Crippen LogP contribution in [0.3, 0.4) is 0 Å². The van der Waals surface area contributed by atoms with Crippen LogP contribution in [0.15, 0.2) is 40.9 Å². The van der Waals surface area contributed by atoms with E-state index in [9.17, 15) is 4.79 Å². The van der Waals surface area contributed by atoms with Gasteiger partial charge >= 0.3 is 6.03 Å². The summed E-state index contributed by atoms with van der Waals surface area (Å²) < 4.78 is 11.9. The highest BCUT2D eigenvalue weighted by molar-refractivity contribution is 9.10. The Kier molecular flexibility index (Phi) is 5.25. The van der Waals surface area contributed by atoms with Crippen molar-refractivity contribution in [3.63, 3.8) is 0 Å². The normalized spacial score (nSPS) is 12.6. The monoisotopic (exact) mass is 390 g/mol. The second-order valence-electron chi connectivity index (χ2n) is 5.59. The summed E-state index contributed by atoms with van der Waals surface area (Å²) in [7, 11) is 0. The Morgan fingerprint density at radius 3 is 2.71 bits per heavy atom. The van der Waals surface area contributed by atoms with Crippen molar-refractivity contribution < 1.29 is 14.3 Å². The van der Waals surface area contributed by atoms with Gasteiger partial charge in [0.05, 0.1) is 5.69 Å². The second kappa shape index (κ2) is 7.57. The molecule has 0 atom stereocenters. The summed E-state index contributed by atoms with van der Waals surface area (Å²) in [4.78, 5) is 12.0. The van der Waals surface area contributed by atoms with Crippen molar-refractivity contribution in [1.82, 2.24) is 5.32 Å². The van der Waals surface area contributed by atoms with Gasteiger partial charge in [-0.2, -0.15) is 0 Å². The first-order chi connectivity index (χ1) is 11.6. The number of hydrogen-bond donors (Lipinski definition) is 2. The highest BCUT2D eigenvalue weighted by Gasteiger charge is 2.11. The zero-order chi connectivity index (χ0) is 16.9. The molecule has 0 saturated carbocycles. The fourth-order valence-electron chi connectivity index (χ4n) is 2.45. The molecule has 5 nitrogen and oxygen atoms in total. The number of amides is 2. The predicted octanol–water partition coefficient (Wildman–Crippen LogP) is 3.89. The van der Waals surface area contributed by atoms with Gasteiger partial charge in [0.1, 0.15) is 13.2 Å². The third kappa shape index (κ3) is 4.20. The topological polar surface area (TPSA) is 59.6 Å². The maximum Gasteiger partial charge on any atom is 0.319 e. The second-order valence-corrected chi connectivity index (χ2v) is 6.45. The summed E-state index contributed by atoms with van der Waals surface area (Å²) in [5, 5.41) is 5.69. The summed E-state index contributed by atoms with van der Waals surface area (Å²) >= 11 is 3.45. The van der Waals surface area contributed by atoms with Gasteiger partial charge in [0, 0.05) is 11.0 Å². The van der Waals surface area contributed by atoms with Gasteiger partial charge in [-0.1, -0.05) is 12.1 Å². The molecule has 0 aromatic heterocycles. The lowest BCUT2D eigenvalue weighted by Crippen LogP contribution is -2.30. The molecule has 2 aromatic carbocycles. The number of anilines is 1. The molecule has 24 heavy (non-hydrogen) atoms. The molecule has 0 aliphatic carbocycles. The van der Waals surface area contributed by atoms with Crippen molar-refractivity contribution in [3.05, 3.63) is 52.0 Å². The first-order valence-corrected chi connectivity index (χ1v) is 8.60. The molecule has 1 aliphatic heterocycles. The lowest BCUT2D eigenvalue weighted by atomic mass is 10.1. The first kappa shape index (κ1) is 16.6. The maximum atomic E-state index is 12.0. The number of urea groups is 1. The van der Waals surface area contributed by atoms with Gasteiger partial charge in [0.2, 0.25) is 0 Å². The first-order valence-electron chi connectivity index (χ1n) is 7.81. The van der Waals surface area contributed by atoms with Crippen LogP contribution in [-0.4, -0.2) is 25.8 Å². The minimum atomic E-state index is -0.225. The van der Waals surface area contributed by atoms with E-state index in [0.29, 0.717) is 19.8 Å². The van der Waals surface area contributed by atoms with E-state index in [4.69, 9.17) is 9.47 Å². The number of benzene rings is 2. The minimum Gasteiger partial charge on any atom is -0.486 e. The van der Waals surface area contributed by atoms with Gasteiger partial charge in [0.15, 0.2) is 11.5 Å². The van der Waals surface area contributed by atoms with E-state index in [2.05, 4.69) is 26.6 Å². The molecule has 2 N–H and O–H groups in total. The van der Waals surface area contributed by atoms with Crippen LogP contribution < -0.4 is 20.1 Å². The van der Waals surface area contributed by atoms with Crippen LogP contribution in [-0.2, 0) is 6.42 Å². The molecule has 3 rings (SSSR count). The minimum absolute atomic E-state index is 0.225. The van der Waals surface area contributed by atoms with E-state index in [1.165, 1.54) is 0 Å². The summed E-state index contributed by atoms with van der Waals surface area (Å²) in [6.07, 6.45) is 0.721. The van der Waals surface area contributed by atoms with Crippen molar-refractivity contribution in [3.8, 4) is 11.5 Å². The highest BCUT2D eigenvalue weighted by Crippen LogP contribution is 2.30. The van der Waals surface area contributed by atoms with E-state index in [1.807, 2.05) is 43.3 Å². The molecule has 6 heteroatoms. The SMILES string of the molecule is Cc1ccc(NC(=O)NCCc2ccc3c(c2)OCCO3)c(Br)c1. The average Bonchev–Trinajstić information content (AvgIpc) is 2.57. The van der Waals surface area contributed by atoms with Crippen LogP contribution in [0, 0.1) is 6.92 Å². The molecule has 2 amide bonds.